The molecule has 28 heteroatoms. The zero-order chi connectivity index (χ0) is 84.9. The molecule has 654 valence electrons. The van der Waals surface area contributed by atoms with Gasteiger partial charge in [-0.2, -0.15) is 0 Å². The van der Waals surface area contributed by atoms with Crippen molar-refractivity contribution >= 4 is 171 Å². The first-order chi connectivity index (χ1) is 54.7. The molecule has 2 aliphatic rings. The third kappa shape index (κ3) is 49.8. The maximum absolute atomic E-state index is 14.9. The van der Waals surface area contributed by atoms with Gasteiger partial charge in [0, 0.05) is 22.0 Å². The minimum Gasteiger partial charge on any atom is -1.00 e. The predicted octanol–water partition coefficient (Wildman–Crippen LogP) is 25.2. The van der Waals surface area contributed by atoms with Crippen LogP contribution in [-0.2, 0) is 35.4 Å². The summed E-state index contributed by atoms with van der Waals surface area (Å²) >= 11 is 49.0. The van der Waals surface area contributed by atoms with E-state index >= 15 is 0 Å². The van der Waals surface area contributed by atoms with E-state index in [1.165, 1.54) is 157 Å². The predicted molar refractivity (Wildman–Crippen MR) is 513 cm³/mol. The van der Waals surface area contributed by atoms with Crippen LogP contribution in [0.5, 0.6) is 23.0 Å². The summed E-state index contributed by atoms with van der Waals surface area (Å²) in [5.41, 5.74) is 9.40. The van der Waals surface area contributed by atoms with Gasteiger partial charge in [-0.1, -0.05) is 326 Å². The molecule has 0 atom stereocenters. The van der Waals surface area contributed by atoms with Crippen LogP contribution in [0.25, 0.3) is 33.4 Å². The van der Waals surface area contributed by atoms with Crippen LogP contribution in [-0.4, -0.2) is 63.4 Å². The fourth-order valence-electron chi connectivity index (χ4n) is 12.7. The maximum Gasteiger partial charge on any atom is 1.00 e. The van der Waals surface area contributed by atoms with Crippen LogP contribution in [0.15, 0.2) is 150 Å². The number of rotatable bonds is 27. The smallest absolute Gasteiger partial charge is 1.00 e. The van der Waals surface area contributed by atoms with E-state index < -0.39 is 30.4 Å². The van der Waals surface area contributed by atoms with E-state index in [9.17, 15) is 22.7 Å². The molecule has 8 aromatic rings. The number of alkyl halides is 3. The van der Waals surface area contributed by atoms with Gasteiger partial charge in [-0.05, 0) is 184 Å². The second-order valence-electron chi connectivity index (χ2n) is 27.3. The number of unbranched alkanes of at least 4 members (excludes halogenated alkanes) is 4. The van der Waals surface area contributed by atoms with Crippen LogP contribution < -0.4 is 128 Å². The second-order valence-corrected chi connectivity index (χ2v) is 37.6. The first-order valence-electron chi connectivity index (χ1n) is 38.8. The molecule has 0 amide bonds. The third-order valence-corrected chi connectivity index (χ3v) is 21.9. The summed E-state index contributed by atoms with van der Waals surface area (Å²) in [6, 6.07) is 44.1. The Kier molecular flexibility index (Phi) is 79.1. The molecular weight excluding hydrogens is 2030 g/mol. The van der Waals surface area contributed by atoms with Gasteiger partial charge in [-0.25, -0.2) is 17.6 Å². The van der Waals surface area contributed by atoms with E-state index in [4.69, 9.17) is 104 Å². The van der Waals surface area contributed by atoms with Crippen molar-refractivity contribution in [2.75, 3.05) is 31.5 Å². The molecule has 0 saturated heterocycles. The third-order valence-electron chi connectivity index (χ3n) is 18.9. The van der Waals surface area contributed by atoms with Crippen molar-refractivity contribution in [1.29, 1.82) is 0 Å². The molecule has 8 aromatic carbocycles. The van der Waals surface area contributed by atoms with E-state index in [0.717, 1.165) is 85.8 Å². The summed E-state index contributed by atoms with van der Waals surface area (Å²) in [6.07, 6.45) is 30.7. The molecule has 10 rings (SSSR count). The summed E-state index contributed by atoms with van der Waals surface area (Å²) in [7, 11) is 1.56. The Balaban J connectivity index is -0.000000438. The monoisotopic (exact) mass is 2140 g/mol. The molecule has 2 saturated carbocycles. The number of methoxy groups -OCH3 is 2. The Labute approximate surface area is 870 Å². The Morgan fingerprint density at radius 2 is 0.756 bits per heavy atom. The molecule has 119 heavy (non-hydrogen) atoms. The number of carbonyl (C=O) groups excluding carboxylic acids is 1. The Morgan fingerprint density at radius 3 is 1.08 bits per heavy atom. The van der Waals surface area contributed by atoms with Gasteiger partial charge in [0.05, 0.1) is 30.6 Å². The summed E-state index contributed by atoms with van der Waals surface area (Å²) in [5.74, 6) is 2.51. The Bertz CT molecular complexity index is 3910. The molecule has 0 heterocycles. The van der Waals surface area contributed by atoms with Gasteiger partial charge < -0.3 is 40.9 Å². The molecule has 0 radical (unpaired) electrons. The Hall–Kier alpha value is -0.427. The van der Waals surface area contributed by atoms with Gasteiger partial charge in [0.25, 0.3) is 6.47 Å². The fourth-order valence-corrected chi connectivity index (χ4v) is 14.7. The molecule has 0 aromatic heterocycles. The Morgan fingerprint density at radius 1 is 0.462 bits per heavy atom. The van der Waals surface area contributed by atoms with Crippen molar-refractivity contribution in [3.8, 4) is 56.4 Å². The fraction of sp³-hybridized carbons (Fsp3) is 0.462. The van der Waals surface area contributed by atoms with Crippen LogP contribution in [0.2, 0.25) is 20.1 Å². The van der Waals surface area contributed by atoms with Crippen molar-refractivity contribution in [3.05, 3.63) is 216 Å². The van der Waals surface area contributed by atoms with Crippen molar-refractivity contribution in [3.63, 3.8) is 0 Å². The number of benzene rings is 8. The molecule has 0 spiro atoms. The number of ether oxygens (including phenoxy) is 3. The number of phenolic OH excluding ortho intramolecular Hbond substituents is 1. The summed E-state index contributed by atoms with van der Waals surface area (Å²) in [4.78, 5) is 11.2. The molecule has 2 aliphatic carbocycles. The van der Waals surface area contributed by atoms with E-state index in [-0.39, 0.29) is 167 Å². The van der Waals surface area contributed by atoms with Gasteiger partial charge in [-0.3, -0.25) is 4.79 Å². The number of carbonyl (C=O) groups is 1. The van der Waals surface area contributed by atoms with Crippen LogP contribution in [0, 0.1) is 46.9 Å². The van der Waals surface area contributed by atoms with Crippen LogP contribution in [0.1, 0.15) is 216 Å². The maximum atomic E-state index is 14.9. The van der Waals surface area contributed by atoms with Crippen molar-refractivity contribution in [2.45, 2.75) is 218 Å². The van der Waals surface area contributed by atoms with Crippen molar-refractivity contribution < 1.29 is 166 Å². The number of hydrogen-bond donors (Lipinski definition) is 3. The first kappa shape index (κ1) is 125. The average molecular weight is 2150 g/mol. The minimum atomic E-state index is -1.35. The summed E-state index contributed by atoms with van der Waals surface area (Å²) in [6.45, 7) is 13.5. The summed E-state index contributed by atoms with van der Waals surface area (Å²) in [5, 5.41) is 36.7. The average Bonchev–Trinajstić information content (AvgIpc) is 0.824. The summed E-state index contributed by atoms with van der Waals surface area (Å²) < 4.78 is 72.3. The molecule has 9 nitrogen and oxygen atoms in total. The molecule has 3 N–H and O–H groups in total. The number of aromatic hydroxyl groups is 1. The van der Waals surface area contributed by atoms with Gasteiger partial charge in [-0.15, -0.1) is 70.5 Å². The molecular formula is C91H123B2Br5Cl6F4K2O9. The molecule has 0 bridgehead atoms. The van der Waals surface area contributed by atoms with E-state index in [0.29, 0.717) is 56.4 Å². The minimum absolute atomic E-state index is 0. The van der Waals surface area contributed by atoms with Crippen LogP contribution in [0.3, 0.4) is 0 Å². The first-order valence-corrected chi connectivity index (χ1v) is 46.0. The zero-order valence-corrected chi connectivity index (χ0v) is 87.2. The number of phenols is 1. The van der Waals surface area contributed by atoms with E-state index in [1.54, 1.807) is 42.5 Å². The van der Waals surface area contributed by atoms with Crippen molar-refractivity contribution in [1.82, 2.24) is 0 Å². The van der Waals surface area contributed by atoms with E-state index in [1.807, 2.05) is 78.9 Å². The standard InChI is InChI=1S/C27H36ClFO.C16H16ClFO.C15H14ClFO.C12H23Br.C9H13BO2.C7H5BrClFO.CH2Cl2.CH2O3.3CH4.BBr3.2K.H/c1-3-5-6-8-21-9-11-22(12-10-21)19-30-25-18-17-24(27(29)26(25)28)23-15-13-20(7-4-2)14-16-23;1-3-4-11-5-7-12(8-6-11)13-9-10-14(19-2)15(17)16(13)18;1-2-3-10-4-6-11(7-5-10)12-8-9-13(18)14(16)15(12)17;1-2-3-4-5-11-6-8-12(10-13)9-7-11;1-2-3-8-4-6-9(7-5-8)10(11)12;1-11-5-3-2-4(8)7(10)6(5)9;2-1-3;2-1-4-3;;;;2-1(3)4;;;/h13-18,21-22H,3-12,19H2,1-2H3;5-10H,3-4H2,1-2H3;4-9,18H,2-3H2,1H3;11-12H,2-10H2,1H3;4-7,11-12H,2-3H2,1H3;2-3H,1H3;1H2;1,3H;3*1H4;;;;/q;;;;;;;;;;;;2*+1;-1/p-1. The topological polar surface area (TPSA) is 138 Å². The van der Waals surface area contributed by atoms with Gasteiger partial charge >= 0.3 is 113 Å². The number of aryl methyl sites for hydroxylation is 4. The number of hydrogen-bond acceptors (Lipinski definition) is 9. The largest absolute Gasteiger partial charge is 1.00 e. The van der Waals surface area contributed by atoms with Crippen LogP contribution >= 0.6 is 149 Å². The second kappa shape index (κ2) is 75.4. The molecule has 0 aliphatic heterocycles. The normalized spacial score (nSPS) is 13.7. The van der Waals surface area contributed by atoms with Crippen LogP contribution in [0.4, 0.5) is 17.6 Å². The molecule has 0 unspecified atom stereocenters. The van der Waals surface area contributed by atoms with Gasteiger partial charge in [0.15, 0.2) is 23.3 Å². The van der Waals surface area contributed by atoms with Crippen molar-refractivity contribution in [2.24, 2.45) is 23.7 Å². The van der Waals surface area contributed by atoms with Gasteiger partial charge in [0.2, 0.25) is 0 Å². The zero-order valence-electron chi connectivity index (χ0n) is 69.5. The SMILES string of the molecule is BrB(Br)Br.C.C.C.CCCCCC1CCC(CBr)CC1.CCCCCC1CCC(COc2ccc(-c3ccc(CCC)cc3)c(F)c2Cl)CC1.CCCc1ccc(-c2ccc(O)c(Cl)c2F)cc1.CCCc1ccc(-c2ccc(OC)c(Cl)c2F)cc1.CCCc1ccc(B(O)O)cc1.COc1ccc(Br)c(F)c1Cl.ClCCl.O=CO[O-].[H-].[K+].[K+]. The molecule has 2 fully saturated rings. The van der Waals surface area contributed by atoms with E-state index in [2.05, 4.69) is 138 Å². The quantitative estimate of drug-likeness (QED) is 0.00671. The van der Waals surface area contributed by atoms with Gasteiger partial charge in [0.1, 0.15) is 43.1 Å². The number of halogens is 15.